The van der Waals surface area contributed by atoms with E-state index in [4.69, 9.17) is 16.3 Å². The van der Waals surface area contributed by atoms with Gasteiger partial charge in [-0.1, -0.05) is 48.0 Å². The minimum absolute atomic E-state index is 0.0660. The molecule has 2 N–H and O–H groups in total. The van der Waals surface area contributed by atoms with Crippen LogP contribution in [0.2, 0.25) is 5.02 Å². The molecule has 1 atom stereocenters. The zero-order valence-corrected chi connectivity index (χ0v) is 15.7. The number of ether oxygens (including phenoxy) is 1. The number of carbonyl (C=O) groups is 2. The fourth-order valence-electron chi connectivity index (χ4n) is 4.66. The van der Waals surface area contributed by atoms with E-state index in [1.807, 2.05) is 30.3 Å². The third-order valence-electron chi connectivity index (χ3n) is 5.94. The molecule has 1 amide bonds. The number of rotatable bonds is 6. The van der Waals surface area contributed by atoms with Crippen LogP contribution in [0, 0.1) is 11.2 Å². The molecular weight excluding hydrogens is 385 g/mol. The van der Waals surface area contributed by atoms with Crippen LogP contribution in [0.5, 0.6) is 0 Å². The Hall–Kier alpha value is -2.60. The van der Waals surface area contributed by atoms with Crippen LogP contribution in [0.3, 0.4) is 0 Å². The molecule has 2 aromatic rings. The number of halogens is 2. The Kier molecular flexibility index (Phi) is 4.54. The van der Waals surface area contributed by atoms with Crippen molar-refractivity contribution >= 4 is 23.7 Å². The summed E-state index contributed by atoms with van der Waals surface area (Å²) in [6.45, 7) is 0.0694. The van der Waals surface area contributed by atoms with Gasteiger partial charge in [0.2, 0.25) is 0 Å². The number of alkyl carbamates (subject to hydrolysis) is 1. The van der Waals surface area contributed by atoms with Gasteiger partial charge in [0, 0.05) is 5.41 Å². The summed E-state index contributed by atoms with van der Waals surface area (Å²) in [4.78, 5) is 23.9. The molecule has 3 saturated carbocycles. The molecular formula is C21H19ClFNO4. The fraction of sp³-hybridized carbons (Fsp3) is 0.333. The molecule has 2 bridgehead atoms. The van der Waals surface area contributed by atoms with Crippen molar-refractivity contribution in [3.63, 3.8) is 0 Å². The molecule has 2 aromatic carbocycles. The van der Waals surface area contributed by atoms with Crippen LogP contribution < -0.4 is 5.32 Å². The summed E-state index contributed by atoms with van der Waals surface area (Å²) in [6, 6.07) is 12.8. The van der Waals surface area contributed by atoms with Crippen molar-refractivity contribution in [2.24, 2.45) is 5.41 Å². The van der Waals surface area contributed by atoms with Gasteiger partial charge in [-0.3, -0.25) is 0 Å². The summed E-state index contributed by atoms with van der Waals surface area (Å²) in [6.07, 6.45) is 0.984. The van der Waals surface area contributed by atoms with Crippen molar-refractivity contribution in [3.8, 4) is 0 Å². The van der Waals surface area contributed by atoms with Crippen LogP contribution in [-0.4, -0.2) is 23.2 Å². The van der Waals surface area contributed by atoms with Crippen LogP contribution in [-0.2, 0) is 21.6 Å². The third-order valence-corrected chi connectivity index (χ3v) is 6.24. The van der Waals surface area contributed by atoms with Gasteiger partial charge in [-0.15, -0.1) is 0 Å². The average molecular weight is 404 g/mol. The van der Waals surface area contributed by atoms with E-state index in [0.717, 1.165) is 11.1 Å². The number of carbonyl (C=O) groups excluding carboxylic acids is 1. The Morgan fingerprint density at radius 2 is 1.86 bits per heavy atom. The summed E-state index contributed by atoms with van der Waals surface area (Å²) < 4.78 is 18.9. The molecule has 3 fully saturated rings. The number of benzene rings is 2. The molecule has 0 saturated heterocycles. The summed E-state index contributed by atoms with van der Waals surface area (Å²) in [5.41, 5.74) is 0.897. The number of aliphatic carboxylic acids is 1. The van der Waals surface area contributed by atoms with Crippen molar-refractivity contribution in [1.82, 2.24) is 5.32 Å². The first-order valence-electron chi connectivity index (χ1n) is 8.99. The van der Waals surface area contributed by atoms with Gasteiger partial charge in [0.05, 0.1) is 5.02 Å². The highest BCUT2D eigenvalue weighted by molar-refractivity contribution is 6.30. The van der Waals surface area contributed by atoms with E-state index in [0.29, 0.717) is 19.3 Å². The van der Waals surface area contributed by atoms with Gasteiger partial charge in [-0.25, -0.2) is 14.0 Å². The van der Waals surface area contributed by atoms with Gasteiger partial charge in [-0.2, -0.15) is 0 Å². The number of carboxylic acids is 1. The zero-order chi connectivity index (χ0) is 19.9. The van der Waals surface area contributed by atoms with Crippen molar-refractivity contribution in [3.05, 3.63) is 70.5 Å². The summed E-state index contributed by atoms with van der Waals surface area (Å²) in [7, 11) is 0. The lowest BCUT2D eigenvalue weighted by atomic mass is 9.31. The topological polar surface area (TPSA) is 75.6 Å². The van der Waals surface area contributed by atoms with E-state index in [1.165, 1.54) is 12.1 Å². The number of carboxylic acid groups (broad SMARTS) is 1. The predicted molar refractivity (Wildman–Crippen MR) is 101 cm³/mol. The van der Waals surface area contributed by atoms with Crippen molar-refractivity contribution in [1.29, 1.82) is 0 Å². The summed E-state index contributed by atoms with van der Waals surface area (Å²) in [5.74, 6) is -1.57. The van der Waals surface area contributed by atoms with E-state index in [-0.39, 0.29) is 17.0 Å². The van der Waals surface area contributed by atoms with Gasteiger partial charge >= 0.3 is 12.1 Å². The number of hydrogen-bond donors (Lipinski definition) is 2. The monoisotopic (exact) mass is 403 g/mol. The highest BCUT2D eigenvalue weighted by Gasteiger charge is 2.72. The van der Waals surface area contributed by atoms with E-state index in [1.54, 1.807) is 6.07 Å². The van der Waals surface area contributed by atoms with Crippen molar-refractivity contribution < 1.29 is 23.8 Å². The molecule has 0 aromatic heterocycles. The Balaban J connectivity index is 1.38. The zero-order valence-electron chi connectivity index (χ0n) is 15.0. The maximum absolute atomic E-state index is 13.8. The lowest BCUT2D eigenvalue weighted by Crippen LogP contribution is -2.73. The highest BCUT2D eigenvalue weighted by Crippen LogP contribution is 2.75. The van der Waals surface area contributed by atoms with E-state index >= 15 is 0 Å². The summed E-state index contributed by atoms with van der Waals surface area (Å²) in [5, 5.41) is 12.2. The standard InChI is InChI=1S/C21H19ClFNO4/c22-15-7-6-14(8-16(15)23)20-10-21(11-20,12-20)17(18(25)26)24-19(27)28-9-13-4-2-1-3-5-13/h1-8,17H,9-12H2,(H,24,27)(H,25,26). The molecule has 7 heteroatoms. The molecule has 3 aliphatic rings. The van der Waals surface area contributed by atoms with Crippen LogP contribution in [0.4, 0.5) is 9.18 Å². The minimum atomic E-state index is -1.09. The molecule has 1 unspecified atom stereocenters. The molecule has 0 heterocycles. The van der Waals surface area contributed by atoms with Gasteiger partial charge in [-0.05, 0) is 47.9 Å². The van der Waals surface area contributed by atoms with Crippen molar-refractivity contribution in [2.75, 3.05) is 0 Å². The fourth-order valence-corrected chi connectivity index (χ4v) is 4.78. The Bertz CT molecular complexity index is 913. The second kappa shape index (κ2) is 6.78. The molecule has 5 nitrogen and oxygen atoms in total. The molecule has 0 radical (unpaired) electrons. The van der Waals surface area contributed by atoms with Crippen LogP contribution >= 0.6 is 11.6 Å². The first-order valence-corrected chi connectivity index (χ1v) is 9.37. The first kappa shape index (κ1) is 18.7. The van der Waals surface area contributed by atoms with Crippen molar-refractivity contribution in [2.45, 2.75) is 37.3 Å². The number of nitrogens with one attached hydrogen (secondary N) is 1. The minimum Gasteiger partial charge on any atom is -0.480 e. The quantitative estimate of drug-likeness (QED) is 0.754. The average Bonchev–Trinajstić information content (AvgIpc) is 2.60. The Morgan fingerprint density at radius 1 is 1.18 bits per heavy atom. The lowest BCUT2D eigenvalue weighted by Gasteiger charge is -2.72. The predicted octanol–water partition coefficient (Wildman–Crippen LogP) is 4.28. The molecule has 5 rings (SSSR count). The first-order chi connectivity index (χ1) is 13.3. The molecule has 146 valence electrons. The second-order valence-corrected chi connectivity index (χ2v) is 8.19. The highest BCUT2D eigenvalue weighted by atomic mass is 35.5. The number of amides is 1. The summed E-state index contributed by atoms with van der Waals surface area (Å²) >= 11 is 5.74. The smallest absolute Gasteiger partial charge is 0.408 e. The van der Waals surface area contributed by atoms with Crippen LogP contribution in [0.15, 0.2) is 48.5 Å². The number of hydrogen-bond acceptors (Lipinski definition) is 3. The molecule has 28 heavy (non-hydrogen) atoms. The SMILES string of the molecule is O=C(NC(C(=O)O)C12CC(c3ccc(Cl)c(F)c3)(C1)C2)OCc1ccccc1. The lowest BCUT2D eigenvalue weighted by molar-refractivity contribution is -0.183. The normalized spacial score (nSPS) is 25.8. The Morgan fingerprint density at radius 3 is 2.46 bits per heavy atom. The van der Waals surface area contributed by atoms with Gasteiger partial charge in [0.15, 0.2) is 0 Å². The van der Waals surface area contributed by atoms with E-state index in [2.05, 4.69) is 5.32 Å². The largest absolute Gasteiger partial charge is 0.480 e. The second-order valence-electron chi connectivity index (χ2n) is 7.78. The molecule has 0 aliphatic heterocycles. The van der Waals surface area contributed by atoms with E-state index in [9.17, 15) is 19.1 Å². The third kappa shape index (κ3) is 3.11. The molecule has 3 aliphatic carbocycles. The van der Waals surface area contributed by atoms with Gasteiger partial charge in [0.1, 0.15) is 18.5 Å². The van der Waals surface area contributed by atoms with Crippen LogP contribution in [0.1, 0.15) is 30.4 Å². The molecule has 0 spiro atoms. The Labute approximate surface area is 166 Å². The van der Waals surface area contributed by atoms with E-state index < -0.39 is 29.3 Å². The van der Waals surface area contributed by atoms with Gasteiger partial charge < -0.3 is 15.2 Å². The van der Waals surface area contributed by atoms with Crippen LogP contribution in [0.25, 0.3) is 0 Å². The maximum atomic E-state index is 13.8. The van der Waals surface area contributed by atoms with Gasteiger partial charge in [0.25, 0.3) is 0 Å². The maximum Gasteiger partial charge on any atom is 0.408 e.